The van der Waals surface area contributed by atoms with Gasteiger partial charge in [-0.1, -0.05) is 97.9 Å². The van der Waals surface area contributed by atoms with Gasteiger partial charge in [0.15, 0.2) is 0 Å². The third kappa shape index (κ3) is 7.60. The van der Waals surface area contributed by atoms with Crippen LogP contribution in [0.1, 0.15) is 31.4 Å². The van der Waals surface area contributed by atoms with Gasteiger partial charge < -0.3 is 10.2 Å². The molecule has 1 N–H and O–H groups in total. The van der Waals surface area contributed by atoms with Gasteiger partial charge in [0.2, 0.25) is 21.8 Å². The summed E-state index contributed by atoms with van der Waals surface area (Å²) in [5, 5.41) is 4.75. The third-order valence-electron chi connectivity index (χ3n) is 7.25. The first-order chi connectivity index (χ1) is 19.7. The van der Waals surface area contributed by atoms with Crippen molar-refractivity contribution in [1.82, 2.24) is 14.5 Å². The lowest BCUT2D eigenvalue weighted by molar-refractivity contribution is -0.141. The maximum absolute atomic E-state index is 14.0. The van der Waals surface area contributed by atoms with Gasteiger partial charge in [-0.05, 0) is 47.4 Å². The fourth-order valence-corrected chi connectivity index (χ4v) is 5.81. The largest absolute Gasteiger partial charge is 0.352 e. The molecule has 0 saturated carbocycles. The van der Waals surface area contributed by atoms with Gasteiger partial charge in [-0.25, -0.2) is 8.42 Å². The molecule has 0 aliphatic heterocycles. The van der Waals surface area contributed by atoms with Crippen molar-refractivity contribution < 1.29 is 18.0 Å². The number of amides is 2. The molecule has 214 valence electrons. The predicted octanol–water partition coefficient (Wildman–Crippen LogP) is 5.02. The number of carbonyl (C=O) groups excluding carboxylic acids is 2. The van der Waals surface area contributed by atoms with Gasteiger partial charge in [0.25, 0.3) is 0 Å². The van der Waals surface area contributed by atoms with E-state index in [9.17, 15) is 18.0 Å². The Hall–Kier alpha value is -4.01. The SMILES string of the molecule is CC[C@H](C)NC(=O)[C@@H](Cc1ccccc1)N(Cc1ccccc1)C(=O)CN(C)S(=O)(=O)c1ccc2ccccc2c1. The van der Waals surface area contributed by atoms with E-state index < -0.39 is 28.5 Å². The Kier molecular flexibility index (Phi) is 9.91. The van der Waals surface area contributed by atoms with Crippen molar-refractivity contribution >= 4 is 32.6 Å². The first-order valence-corrected chi connectivity index (χ1v) is 15.3. The van der Waals surface area contributed by atoms with Crippen LogP contribution in [0.4, 0.5) is 0 Å². The number of hydrogen-bond acceptors (Lipinski definition) is 4. The average molecular weight is 572 g/mol. The number of nitrogens with zero attached hydrogens (tertiary/aromatic N) is 2. The summed E-state index contributed by atoms with van der Waals surface area (Å²) in [6.45, 7) is 3.65. The first kappa shape index (κ1) is 30.0. The van der Waals surface area contributed by atoms with E-state index in [-0.39, 0.29) is 23.4 Å². The molecule has 2 amide bonds. The highest BCUT2D eigenvalue weighted by Gasteiger charge is 2.33. The minimum Gasteiger partial charge on any atom is -0.352 e. The Morgan fingerprint density at radius 3 is 2.02 bits per heavy atom. The molecule has 0 bridgehead atoms. The van der Waals surface area contributed by atoms with E-state index in [1.54, 1.807) is 18.2 Å². The summed E-state index contributed by atoms with van der Waals surface area (Å²) in [7, 11) is -2.58. The normalized spacial score (nSPS) is 13.1. The van der Waals surface area contributed by atoms with Crippen LogP contribution in [0.15, 0.2) is 108 Å². The van der Waals surface area contributed by atoms with E-state index in [0.29, 0.717) is 6.42 Å². The van der Waals surface area contributed by atoms with Crippen molar-refractivity contribution in [1.29, 1.82) is 0 Å². The number of sulfonamides is 1. The summed E-state index contributed by atoms with van der Waals surface area (Å²) >= 11 is 0. The van der Waals surface area contributed by atoms with Crippen molar-refractivity contribution in [2.45, 2.75) is 50.2 Å². The number of rotatable bonds is 12. The third-order valence-corrected chi connectivity index (χ3v) is 9.05. The van der Waals surface area contributed by atoms with Gasteiger partial charge in [0.05, 0.1) is 11.4 Å². The lowest BCUT2D eigenvalue weighted by atomic mass is 10.0. The van der Waals surface area contributed by atoms with Crippen molar-refractivity contribution in [3.63, 3.8) is 0 Å². The quantitative estimate of drug-likeness (QED) is 0.259. The molecule has 4 aromatic carbocycles. The van der Waals surface area contributed by atoms with Crippen LogP contribution in [-0.2, 0) is 32.6 Å². The Balaban J connectivity index is 1.66. The number of benzene rings is 4. The van der Waals surface area contributed by atoms with Crippen LogP contribution in [0.2, 0.25) is 0 Å². The van der Waals surface area contributed by atoms with Crippen LogP contribution in [0.25, 0.3) is 10.8 Å². The standard InChI is InChI=1S/C33H37N3O4S/c1-4-25(2)34-33(38)31(21-26-13-7-5-8-14-26)36(23-27-15-9-6-10-16-27)32(37)24-35(3)41(39,40)30-20-19-28-17-11-12-18-29(28)22-30/h5-20,22,25,31H,4,21,23-24H2,1-3H3,(H,34,38)/t25-,31+/m0/s1. The summed E-state index contributed by atoms with van der Waals surface area (Å²) in [6, 6.07) is 30.5. The monoisotopic (exact) mass is 571 g/mol. The van der Waals surface area contributed by atoms with E-state index in [0.717, 1.165) is 32.6 Å². The zero-order chi connectivity index (χ0) is 29.4. The van der Waals surface area contributed by atoms with Gasteiger partial charge in [0.1, 0.15) is 6.04 Å². The Morgan fingerprint density at radius 2 is 1.39 bits per heavy atom. The highest BCUT2D eigenvalue weighted by Crippen LogP contribution is 2.22. The molecule has 2 atom stereocenters. The molecule has 7 nitrogen and oxygen atoms in total. The maximum atomic E-state index is 14.0. The van der Waals surface area contributed by atoms with Gasteiger partial charge in [-0.3, -0.25) is 9.59 Å². The Morgan fingerprint density at radius 1 is 0.805 bits per heavy atom. The van der Waals surface area contributed by atoms with Crippen molar-refractivity contribution in [3.05, 3.63) is 114 Å². The van der Waals surface area contributed by atoms with Gasteiger partial charge in [0, 0.05) is 26.1 Å². The summed E-state index contributed by atoms with van der Waals surface area (Å²) in [5.41, 5.74) is 1.75. The number of carbonyl (C=O) groups is 2. The van der Waals surface area contributed by atoms with Crippen LogP contribution in [0.3, 0.4) is 0 Å². The zero-order valence-corrected chi connectivity index (χ0v) is 24.6. The zero-order valence-electron chi connectivity index (χ0n) is 23.7. The molecular weight excluding hydrogens is 534 g/mol. The van der Waals surface area contributed by atoms with E-state index >= 15 is 0 Å². The lowest BCUT2D eigenvalue weighted by Gasteiger charge is -2.33. The molecule has 4 rings (SSSR count). The molecule has 0 aromatic heterocycles. The number of likely N-dealkylation sites (N-methyl/N-ethyl adjacent to an activating group) is 1. The molecule has 0 unspecified atom stereocenters. The minimum absolute atomic E-state index is 0.0783. The van der Waals surface area contributed by atoms with Crippen LogP contribution in [0.5, 0.6) is 0 Å². The molecule has 0 aliphatic rings. The molecule has 4 aromatic rings. The van der Waals surface area contributed by atoms with Crippen LogP contribution in [-0.4, -0.2) is 55.1 Å². The highest BCUT2D eigenvalue weighted by atomic mass is 32.2. The molecule has 0 radical (unpaired) electrons. The topological polar surface area (TPSA) is 86.8 Å². The van der Waals surface area contributed by atoms with Gasteiger partial charge >= 0.3 is 0 Å². The summed E-state index contributed by atoms with van der Waals surface area (Å²) in [6.07, 6.45) is 1.03. The average Bonchev–Trinajstić information content (AvgIpc) is 2.99. The Bertz CT molecular complexity index is 1580. The number of nitrogens with one attached hydrogen (secondary N) is 1. The fourth-order valence-electron chi connectivity index (χ4n) is 4.65. The second kappa shape index (κ2) is 13.6. The van der Waals surface area contributed by atoms with E-state index in [2.05, 4.69) is 5.32 Å². The van der Waals surface area contributed by atoms with E-state index in [1.807, 2.05) is 98.8 Å². The lowest BCUT2D eigenvalue weighted by Crippen LogP contribution is -2.54. The highest BCUT2D eigenvalue weighted by molar-refractivity contribution is 7.89. The maximum Gasteiger partial charge on any atom is 0.243 e. The summed E-state index contributed by atoms with van der Waals surface area (Å²) < 4.78 is 28.2. The fraction of sp³-hybridized carbons (Fsp3) is 0.273. The summed E-state index contributed by atoms with van der Waals surface area (Å²) in [4.78, 5) is 29.2. The molecule has 0 aliphatic carbocycles. The van der Waals surface area contributed by atoms with Gasteiger partial charge in [-0.2, -0.15) is 4.31 Å². The molecule has 0 saturated heterocycles. The molecule has 0 heterocycles. The molecule has 41 heavy (non-hydrogen) atoms. The second-order valence-electron chi connectivity index (χ2n) is 10.3. The summed E-state index contributed by atoms with van der Waals surface area (Å²) in [5.74, 6) is -0.728. The van der Waals surface area contributed by atoms with Crippen LogP contribution in [0, 0.1) is 0 Å². The van der Waals surface area contributed by atoms with Gasteiger partial charge in [-0.15, -0.1) is 0 Å². The smallest absolute Gasteiger partial charge is 0.243 e. The van der Waals surface area contributed by atoms with Crippen LogP contribution >= 0.6 is 0 Å². The van der Waals surface area contributed by atoms with E-state index in [1.165, 1.54) is 11.9 Å². The van der Waals surface area contributed by atoms with Crippen molar-refractivity contribution in [2.75, 3.05) is 13.6 Å². The second-order valence-corrected chi connectivity index (χ2v) is 12.3. The molecule has 0 fully saturated rings. The van der Waals surface area contributed by atoms with Crippen LogP contribution < -0.4 is 5.32 Å². The van der Waals surface area contributed by atoms with Crippen molar-refractivity contribution in [2.24, 2.45) is 0 Å². The number of hydrogen-bond donors (Lipinski definition) is 1. The van der Waals surface area contributed by atoms with Crippen molar-refractivity contribution in [3.8, 4) is 0 Å². The van der Waals surface area contributed by atoms with E-state index in [4.69, 9.17) is 0 Å². The minimum atomic E-state index is -3.97. The Labute approximate surface area is 242 Å². The molecular formula is C33H37N3O4S. The number of fused-ring (bicyclic) bond motifs is 1. The molecule has 0 spiro atoms. The predicted molar refractivity (Wildman–Crippen MR) is 163 cm³/mol. The molecule has 8 heteroatoms. The first-order valence-electron chi connectivity index (χ1n) is 13.8.